The summed E-state index contributed by atoms with van der Waals surface area (Å²) in [5.41, 5.74) is 2.10. The van der Waals surface area contributed by atoms with Crippen LogP contribution in [0, 0.1) is 42.4 Å². The van der Waals surface area contributed by atoms with Gasteiger partial charge in [0, 0.05) is 5.69 Å². The van der Waals surface area contributed by atoms with Crippen LogP contribution in [0.15, 0.2) is 36.4 Å². The molecule has 6 rings (SSSR count). The van der Waals surface area contributed by atoms with Crippen LogP contribution in [0.2, 0.25) is 0 Å². The first-order valence-corrected chi connectivity index (χ1v) is 8.50. The molecule has 0 spiro atoms. The van der Waals surface area contributed by atoms with Crippen molar-refractivity contribution in [2.24, 2.45) is 35.5 Å². The number of imide groups is 1. The van der Waals surface area contributed by atoms with E-state index in [1.54, 1.807) is 0 Å². The fourth-order valence-corrected chi connectivity index (χ4v) is 5.11. The molecule has 4 heteroatoms. The van der Waals surface area contributed by atoms with E-state index in [-0.39, 0.29) is 30.3 Å². The van der Waals surface area contributed by atoms with Gasteiger partial charge in [-0.3, -0.25) is 14.5 Å². The van der Waals surface area contributed by atoms with Gasteiger partial charge in [-0.1, -0.05) is 30.4 Å². The molecule has 5 aliphatic rings. The van der Waals surface area contributed by atoms with Gasteiger partial charge < -0.3 is 5.32 Å². The number of nitrogens with one attached hydrogen (secondary N) is 1. The molecule has 2 bridgehead atoms. The van der Waals surface area contributed by atoms with E-state index >= 15 is 0 Å². The molecule has 6 atom stereocenters. The highest BCUT2D eigenvalue weighted by atomic mass is 16.2. The number of anilines is 1. The molecule has 0 radical (unpaired) electrons. The predicted molar refractivity (Wildman–Crippen MR) is 86.2 cm³/mol. The van der Waals surface area contributed by atoms with Crippen LogP contribution in [-0.4, -0.2) is 23.4 Å². The van der Waals surface area contributed by atoms with Gasteiger partial charge >= 0.3 is 0 Å². The molecule has 2 saturated carbocycles. The van der Waals surface area contributed by atoms with Crippen molar-refractivity contribution in [2.45, 2.75) is 13.3 Å². The minimum Gasteiger partial charge on any atom is -0.367 e. The second kappa shape index (κ2) is 4.47. The smallest absolute Gasteiger partial charge is 0.235 e. The van der Waals surface area contributed by atoms with E-state index in [4.69, 9.17) is 0 Å². The quantitative estimate of drug-likeness (QED) is 0.689. The van der Waals surface area contributed by atoms with E-state index < -0.39 is 0 Å². The molecule has 1 aromatic rings. The number of hydrogen-bond acceptors (Lipinski definition) is 3. The molecular formula is C19H20N2O2. The second-order valence-corrected chi connectivity index (χ2v) is 7.41. The number of benzene rings is 1. The Hall–Kier alpha value is -2.10. The zero-order valence-electron chi connectivity index (χ0n) is 13.1. The molecule has 1 aliphatic heterocycles. The standard InChI is InChI=1S/C19H20N2O2/c1-10-4-2-3-5-15(10)20-9-21-18(22)16-11-6-7-12(14-8-13(11)14)17(16)19(21)23/h2-7,11-14,16-17,20H,8-9H2,1H3/t11-,12+,13-,14-,16+,17+/m1/s1. The third kappa shape index (κ3) is 1.72. The number of carbonyl (C=O) groups excluding carboxylic acids is 2. The maximum atomic E-state index is 12.8. The minimum atomic E-state index is -0.0973. The highest BCUT2D eigenvalue weighted by Crippen LogP contribution is 2.65. The van der Waals surface area contributed by atoms with Gasteiger partial charge in [0.1, 0.15) is 0 Å². The lowest BCUT2D eigenvalue weighted by Crippen LogP contribution is -2.40. The van der Waals surface area contributed by atoms with Crippen molar-refractivity contribution >= 4 is 17.5 Å². The maximum absolute atomic E-state index is 12.8. The van der Waals surface area contributed by atoms with E-state index in [1.807, 2.05) is 31.2 Å². The lowest BCUT2D eigenvalue weighted by molar-refractivity contribution is -0.139. The average Bonchev–Trinajstić information content (AvgIpc) is 3.33. The summed E-state index contributed by atoms with van der Waals surface area (Å²) in [7, 11) is 0. The number of amides is 2. The molecule has 1 saturated heterocycles. The third-order valence-corrected chi connectivity index (χ3v) is 6.33. The van der Waals surface area contributed by atoms with Gasteiger partial charge in [-0.05, 0) is 48.6 Å². The number of aryl methyl sites for hydroxylation is 1. The van der Waals surface area contributed by atoms with Crippen molar-refractivity contribution in [2.75, 3.05) is 12.0 Å². The number of nitrogens with zero attached hydrogens (tertiary/aromatic N) is 1. The van der Waals surface area contributed by atoms with Crippen molar-refractivity contribution in [1.29, 1.82) is 0 Å². The predicted octanol–water partition coefficient (Wildman–Crippen LogP) is 2.42. The Kier molecular flexibility index (Phi) is 2.59. The van der Waals surface area contributed by atoms with E-state index in [2.05, 4.69) is 17.5 Å². The van der Waals surface area contributed by atoms with Crippen LogP contribution in [0.4, 0.5) is 5.69 Å². The summed E-state index contributed by atoms with van der Waals surface area (Å²) in [5.74, 6) is 1.79. The van der Waals surface area contributed by atoms with E-state index in [0.29, 0.717) is 23.7 Å². The summed E-state index contributed by atoms with van der Waals surface area (Å²) in [6.45, 7) is 2.30. The van der Waals surface area contributed by atoms with E-state index in [0.717, 1.165) is 11.3 Å². The van der Waals surface area contributed by atoms with Gasteiger partial charge in [0.15, 0.2) is 0 Å². The lowest BCUT2D eigenvalue weighted by atomic mass is 9.63. The SMILES string of the molecule is Cc1ccccc1NCN1C(=O)[C@H]2[C@@H]3C=C[C@@H]([C@H]4C[C@H]34)[C@@H]2C1=O. The van der Waals surface area contributed by atoms with Crippen LogP contribution in [0.5, 0.6) is 0 Å². The second-order valence-electron chi connectivity index (χ2n) is 7.41. The molecule has 1 aromatic carbocycles. The molecule has 0 aromatic heterocycles. The highest BCUT2D eigenvalue weighted by Gasteiger charge is 2.66. The number of carbonyl (C=O) groups is 2. The minimum absolute atomic E-state index is 0.0331. The number of allylic oxidation sites excluding steroid dienone is 2. The normalized spacial score (nSPS) is 39.4. The molecule has 23 heavy (non-hydrogen) atoms. The Balaban J connectivity index is 1.38. The molecule has 1 heterocycles. The summed E-state index contributed by atoms with van der Waals surface area (Å²) in [6.07, 6.45) is 5.63. The van der Waals surface area contributed by atoms with Crippen molar-refractivity contribution in [3.63, 3.8) is 0 Å². The van der Waals surface area contributed by atoms with Crippen LogP contribution >= 0.6 is 0 Å². The summed E-state index contributed by atoms with van der Waals surface area (Å²) < 4.78 is 0. The molecule has 4 nitrogen and oxygen atoms in total. The van der Waals surface area contributed by atoms with E-state index in [9.17, 15) is 9.59 Å². The van der Waals surface area contributed by atoms with Crippen molar-refractivity contribution < 1.29 is 9.59 Å². The molecule has 118 valence electrons. The lowest BCUT2D eigenvalue weighted by Gasteiger charge is -2.37. The largest absolute Gasteiger partial charge is 0.367 e. The van der Waals surface area contributed by atoms with Crippen LogP contribution in [0.3, 0.4) is 0 Å². The Bertz CT molecular complexity index is 705. The number of rotatable bonds is 3. The van der Waals surface area contributed by atoms with Crippen LogP contribution in [-0.2, 0) is 9.59 Å². The maximum Gasteiger partial charge on any atom is 0.235 e. The fraction of sp³-hybridized carbons (Fsp3) is 0.474. The monoisotopic (exact) mass is 308 g/mol. The van der Waals surface area contributed by atoms with Gasteiger partial charge in [0.05, 0.1) is 18.5 Å². The zero-order valence-corrected chi connectivity index (χ0v) is 13.1. The summed E-state index contributed by atoms with van der Waals surface area (Å²) >= 11 is 0. The zero-order chi connectivity index (χ0) is 15.7. The first kappa shape index (κ1) is 13.3. The Morgan fingerprint density at radius 1 is 1.04 bits per heavy atom. The molecule has 1 N–H and O–H groups in total. The van der Waals surface area contributed by atoms with Crippen molar-refractivity contribution in [1.82, 2.24) is 4.90 Å². The van der Waals surface area contributed by atoms with Crippen LogP contribution < -0.4 is 5.32 Å². The van der Waals surface area contributed by atoms with Gasteiger partial charge in [-0.2, -0.15) is 0 Å². The first-order valence-electron chi connectivity index (χ1n) is 8.50. The molecule has 2 amide bonds. The number of para-hydroxylation sites is 1. The molecular weight excluding hydrogens is 288 g/mol. The fourth-order valence-electron chi connectivity index (χ4n) is 5.11. The van der Waals surface area contributed by atoms with Crippen molar-refractivity contribution in [3.05, 3.63) is 42.0 Å². The summed E-state index contributed by atoms with van der Waals surface area (Å²) in [4.78, 5) is 27.1. The van der Waals surface area contributed by atoms with Crippen molar-refractivity contribution in [3.8, 4) is 0 Å². The Labute approximate surface area is 135 Å². The van der Waals surface area contributed by atoms with E-state index in [1.165, 1.54) is 11.3 Å². The molecule has 0 unspecified atom stereocenters. The Morgan fingerprint density at radius 2 is 1.65 bits per heavy atom. The highest BCUT2D eigenvalue weighted by molar-refractivity contribution is 6.06. The topological polar surface area (TPSA) is 49.4 Å². The summed E-state index contributed by atoms with van der Waals surface area (Å²) in [5, 5.41) is 3.26. The van der Waals surface area contributed by atoms with Gasteiger partial charge in [0.2, 0.25) is 11.8 Å². The van der Waals surface area contributed by atoms with Gasteiger partial charge in [-0.15, -0.1) is 0 Å². The number of likely N-dealkylation sites (tertiary alicyclic amines) is 1. The Morgan fingerprint density at radius 3 is 2.26 bits per heavy atom. The number of hydrogen-bond donors (Lipinski definition) is 1. The van der Waals surface area contributed by atoms with Gasteiger partial charge in [-0.25, -0.2) is 0 Å². The summed E-state index contributed by atoms with van der Waals surface area (Å²) in [6, 6.07) is 7.94. The first-order chi connectivity index (χ1) is 11.2. The van der Waals surface area contributed by atoms with Gasteiger partial charge in [0.25, 0.3) is 0 Å². The molecule has 4 aliphatic carbocycles. The third-order valence-electron chi connectivity index (χ3n) is 6.33. The van der Waals surface area contributed by atoms with Crippen LogP contribution in [0.25, 0.3) is 0 Å². The average molecular weight is 308 g/mol. The molecule has 3 fully saturated rings. The van der Waals surface area contributed by atoms with Crippen LogP contribution in [0.1, 0.15) is 12.0 Å².